The summed E-state index contributed by atoms with van der Waals surface area (Å²) >= 11 is 2.08. The number of morpholine rings is 1. The zero-order chi connectivity index (χ0) is 15.3. The lowest BCUT2D eigenvalue weighted by Crippen LogP contribution is -2.60. The number of thioether (sulfide) groups is 1. The van der Waals surface area contributed by atoms with Gasteiger partial charge in [-0.05, 0) is 30.9 Å². The van der Waals surface area contributed by atoms with Crippen molar-refractivity contribution in [1.82, 2.24) is 15.5 Å². The number of ether oxygens (including phenoxy) is 1. The van der Waals surface area contributed by atoms with Crippen molar-refractivity contribution >= 4 is 41.7 Å². The normalized spacial score (nSPS) is 29.7. The molecule has 3 aliphatic rings. The van der Waals surface area contributed by atoms with E-state index in [0.29, 0.717) is 0 Å². The van der Waals surface area contributed by atoms with Crippen molar-refractivity contribution in [3.63, 3.8) is 0 Å². The molecule has 3 rings (SSSR count). The first kappa shape index (κ1) is 19.6. The second-order valence-corrected chi connectivity index (χ2v) is 7.84. The van der Waals surface area contributed by atoms with Gasteiger partial charge in [-0.3, -0.25) is 9.89 Å². The molecular weight excluding hydrogens is 423 g/mol. The van der Waals surface area contributed by atoms with E-state index in [-0.39, 0.29) is 29.5 Å². The Balaban J connectivity index is 0.00000192. The summed E-state index contributed by atoms with van der Waals surface area (Å²) in [5.41, 5.74) is 0.280. The van der Waals surface area contributed by atoms with Crippen molar-refractivity contribution in [2.24, 2.45) is 10.9 Å². The second-order valence-electron chi connectivity index (χ2n) is 6.73. The summed E-state index contributed by atoms with van der Waals surface area (Å²) < 4.78 is 5.53. The number of rotatable bonds is 5. The highest BCUT2D eigenvalue weighted by molar-refractivity contribution is 14.0. The van der Waals surface area contributed by atoms with Gasteiger partial charge in [-0.1, -0.05) is 6.42 Å². The Morgan fingerprint density at radius 3 is 2.65 bits per heavy atom. The van der Waals surface area contributed by atoms with E-state index >= 15 is 0 Å². The van der Waals surface area contributed by atoms with Crippen LogP contribution in [0.1, 0.15) is 25.7 Å². The maximum Gasteiger partial charge on any atom is 0.191 e. The highest BCUT2D eigenvalue weighted by atomic mass is 127. The summed E-state index contributed by atoms with van der Waals surface area (Å²) in [5.74, 6) is 4.32. The van der Waals surface area contributed by atoms with Crippen LogP contribution in [0.5, 0.6) is 0 Å². The van der Waals surface area contributed by atoms with Crippen molar-refractivity contribution in [3.8, 4) is 0 Å². The van der Waals surface area contributed by atoms with Crippen LogP contribution < -0.4 is 10.6 Å². The predicted octanol–water partition coefficient (Wildman–Crippen LogP) is 1.78. The first-order valence-electron chi connectivity index (χ1n) is 8.67. The quantitative estimate of drug-likeness (QED) is 0.377. The maximum atomic E-state index is 5.53. The Kier molecular flexibility index (Phi) is 8.24. The SMILES string of the molecule is CN=C(NCC1CCC1)NCC1(N2CCOCC2)CCSC1.I. The van der Waals surface area contributed by atoms with Gasteiger partial charge >= 0.3 is 0 Å². The molecule has 0 aromatic rings. The molecule has 0 aromatic carbocycles. The van der Waals surface area contributed by atoms with Crippen LogP contribution in [0.3, 0.4) is 0 Å². The fourth-order valence-corrected chi connectivity index (χ4v) is 5.02. The lowest BCUT2D eigenvalue weighted by Gasteiger charge is -2.43. The van der Waals surface area contributed by atoms with E-state index in [1.54, 1.807) is 0 Å². The molecule has 1 unspecified atom stereocenters. The molecule has 0 spiro atoms. The van der Waals surface area contributed by atoms with Crippen LogP contribution in [0.25, 0.3) is 0 Å². The number of halogens is 1. The van der Waals surface area contributed by atoms with Gasteiger partial charge in [-0.25, -0.2) is 0 Å². The zero-order valence-corrected chi connectivity index (χ0v) is 17.3. The molecule has 1 atom stereocenters. The monoisotopic (exact) mass is 454 g/mol. The number of aliphatic imine (C=N–C) groups is 1. The molecule has 1 saturated carbocycles. The van der Waals surface area contributed by atoms with E-state index in [4.69, 9.17) is 4.74 Å². The number of nitrogens with one attached hydrogen (secondary N) is 2. The molecule has 2 aliphatic heterocycles. The first-order valence-corrected chi connectivity index (χ1v) is 9.83. The average molecular weight is 454 g/mol. The summed E-state index contributed by atoms with van der Waals surface area (Å²) in [6.07, 6.45) is 5.41. The second kappa shape index (κ2) is 9.68. The summed E-state index contributed by atoms with van der Waals surface area (Å²) in [7, 11) is 1.88. The smallest absolute Gasteiger partial charge is 0.191 e. The van der Waals surface area contributed by atoms with Gasteiger partial charge in [0.1, 0.15) is 0 Å². The summed E-state index contributed by atoms with van der Waals surface area (Å²) in [6.45, 7) is 5.94. The molecule has 134 valence electrons. The van der Waals surface area contributed by atoms with E-state index in [2.05, 4.69) is 32.3 Å². The zero-order valence-electron chi connectivity index (χ0n) is 14.2. The largest absolute Gasteiger partial charge is 0.379 e. The molecule has 2 saturated heterocycles. The van der Waals surface area contributed by atoms with Crippen molar-refractivity contribution in [2.75, 3.05) is 57.9 Å². The van der Waals surface area contributed by atoms with Gasteiger partial charge in [0.15, 0.2) is 5.96 Å². The van der Waals surface area contributed by atoms with Crippen molar-refractivity contribution < 1.29 is 4.74 Å². The van der Waals surface area contributed by atoms with Crippen LogP contribution in [0.4, 0.5) is 0 Å². The van der Waals surface area contributed by atoms with Gasteiger partial charge in [0.05, 0.1) is 13.2 Å². The van der Waals surface area contributed by atoms with E-state index in [0.717, 1.165) is 51.3 Å². The highest BCUT2D eigenvalue weighted by Gasteiger charge is 2.40. The molecule has 2 heterocycles. The average Bonchev–Trinajstić information content (AvgIpc) is 3.00. The Bertz CT molecular complexity index is 380. The minimum Gasteiger partial charge on any atom is -0.379 e. The predicted molar refractivity (Wildman–Crippen MR) is 109 cm³/mol. The van der Waals surface area contributed by atoms with Crippen LogP contribution in [-0.2, 0) is 4.74 Å². The van der Waals surface area contributed by atoms with E-state index in [9.17, 15) is 0 Å². The first-order chi connectivity index (χ1) is 10.8. The summed E-state index contributed by atoms with van der Waals surface area (Å²) in [4.78, 5) is 7.04. The molecule has 0 amide bonds. The Hall–Kier alpha value is 0.270. The van der Waals surface area contributed by atoms with Gasteiger partial charge in [0.2, 0.25) is 0 Å². The summed E-state index contributed by atoms with van der Waals surface area (Å²) in [5, 5.41) is 7.10. The topological polar surface area (TPSA) is 48.9 Å². The highest BCUT2D eigenvalue weighted by Crippen LogP contribution is 2.33. The van der Waals surface area contributed by atoms with Crippen LogP contribution in [0.15, 0.2) is 4.99 Å². The fraction of sp³-hybridized carbons (Fsp3) is 0.938. The molecule has 0 aromatic heterocycles. The van der Waals surface area contributed by atoms with Crippen LogP contribution in [0.2, 0.25) is 0 Å². The van der Waals surface area contributed by atoms with Crippen LogP contribution in [-0.4, -0.2) is 74.3 Å². The van der Waals surface area contributed by atoms with E-state index in [1.165, 1.54) is 37.2 Å². The van der Waals surface area contributed by atoms with E-state index < -0.39 is 0 Å². The number of hydrogen-bond acceptors (Lipinski definition) is 4. The third kappa shape index (κ3) is 5.12. The Morgan fingerprint density at radius 2 is 2.09 bits per heavy atom. The Morgan fingerprint density at radius 1 is 1.30 bits per heavy atom. The molecule has 3 fully saturated rings. The minimum atomic E-state index is 0. The molecule has 5 nitrogen and oxygen atoms in total. The number of hydrogen-bond donors (Lipinski definition) is 2. The molecule has 1 aliphatic carbocycles. The van der Waals surface area contributed by atoms with Gasteiger partial charge in [-0.15, -0.1) is 24.0 Å². The van der Waals surface area contributed by atoms with Crippen molar-refractivity contribution in [3.05, 3.63) is 0 Å². The minimum absolute atomic E-state index is 0. The summed E-state index contributed by atoms with van der Waals surface area (Å²) in [6, 6.07) is 0. The van der Waals surface area contributed by atoms with E-state index in [1.807, 2.05) is 7.05 Å². The maximum absolute atomic E-state index is 5.53. The standard InChI is InChI=1S/C16H30N4OS.HI/c1-17-15(18-11-14-3-2-4-14)19-12-16(5-10-22-13-16)20-6-8-21-9-7-20;/h14H,2-13H2,1H3,(H2,17,18,19);1H. The van der Waals surface area contributed by atoms with Crippen LogP contribution in [0, 0.1) is 5.92 Å². The molecule has 0 bridgehead atoms. The van der Waals surface area contributed by atoms with Gasteiger partial charge in [0.25, 0.3) is 0 Å². The number of nitrogens with zero attached hydrogens (tertiary/aromatic N) is 2. The molecule has 23 heavy (non-hydrogen) atoms. The van der Waals surface area contributed by atoms with Gasteiger partial charge in [0, 0.05) is 44.5 Å². The van der Waals surface area contributed by atoms with Crippen molar-refractivity contribution in [1.29, 1.82) is 0 Å². The third-order valence-corrected chi connectivity index (χ3v) is 6.59. The Labute approximate surface area is 161 Å². The molecule has 7 heteroatoms. The number of guanidine groups is 1. The van der Waals surface area contributed by atoms with Crippen LogP contribution >= 0.6 is 35.7 Å². The molecular formula is C16H31IN4OS. The fourth-order valence-electron chi connectivity index (χ4n) is 3.54. The third-order valence-electron chi connectivity index (χ3n) is 5.36. The van der Waals surface area contributed by atoms with Crippen molar-refractivity contribution in [2.45, 2.75) is 31.2 Å². The molecule has 2 N–H and O–H groups in total. The van der Waals surface area contributed by atoms with Gasteiger partial charge in [-0.2, -0.15) is 11.8 Å². The molecule has 0 radical (unpaired) electrons. The van der Waals surface area contributed by atoms with Gasteiger partial charge < -0.3 is 15.4 Å². The lowest BCUT2D eigenvalue weighted by atomic mass is 9.85. The lowest BCUT2D eigenvalue weighted by molar-refractivity contribution is -0.0120.